The molecular weight excluding hydrogens is 171 g/mol. The van der Waals surface area contributed by atoms with Crippen molar-refractivity contribution in [3.8, 4) is 0 Å². The van der Waals surface area contributed by atoms with E-state index in [4.69, 9.17) is 0 Å². The van der Waals surface area contributed by atoms with Gasteiger partial charge in [-0.25, -0.2) is 0 Å². The molecule has 0 spiro atoms. The molecule has 0 aromatic carbocycles. The van der Waals surface area contributed by atoms with Gasteiger partial charge in [-0.1, -0.05) is 0 Å². The van der Waals surface area contributed by atoms with E-state index in [1.807, 2.05) is 11.8 Å². The molecule has 0 radical (unpaired) electrons. The van der Waals surface area contributed by atoms with Gasteiger partial charge in [0.2, 0.25) is 0 Å². The van der Waals surface area contributed by atoms with Crippen LogP contribution in [0.5, 0.6) is 0 Å². The summed E-state index contributed by atoms with van der Waals surface area (Å²) < 4.78 is 0.355. The van der Waals surface area contributed by atoms with Gasteiger partial charge in [0.25, 0.3) is 0 Å². The van der Waals surface area contributed by atoms with Gasteiger partial charge < -0.3 is 0 Å². The highest BCUT2D eigenvalue weighted by atomic mass is 32.2. The van der Waals surface area contributed by atoms with Crippen LogP contribution in [0, 0.1) is 0 Å². The molecule has 0 aromatic heterocycles. The Kier molecular flexibility index (Phi) is 3.66. The van der Waals surface area contributed by atoms with Crippen LogP contribution in [0.3, 0.4) is 0 Å². The second-order valence-electron chi connectivity index (χ2n) is 4.25. The minimum absolute atomic E-state index is 0.152. The van der Waals surface area contributed by atoms with Crippen LogP contribution in [0.25, 0.3) is 0 Å². The van der Waals surface area contributed by atoms with E-state index in [1.165, 1.54) is 0 Å². The Morgan fingerprint density at radius 3 is 1.55 bits per heavy atom. The number of hydrogen-bond acceptors (Lipinski definition) is 1. The van der Waals surface area contributed by atoms with E-state index in [1.54, 1.807) is 0 Å². The lowest BCUT2D eigenvalue weighted by molar-refractivity contribution is 0.775. The summed E-state index contributed by atoms with van der Waals surface area (Å²) in [6, 6.07) is 0. The van der Waals surface area contributed by atoms with E-state index in [0.717, 1.165) is 0 Å². The van der Waals surface area contributed by atoms with E-state index in [9.17, 15) is 0 Å². The van der Waals surface area contributed by atoms with Crippen LogP contribution in [-0.2, 0) is 0 Å². The van der Waals surface area contributed by atoms with E-state index >= 15 is 0 Å². The topological polar surface area (TPSA) is 0 Å². The van der Waals surface area contributed by atoms with Crippen molar-refractivity contribution in [1.29, 1.82) is 0 Å². The molecule has 1 unspecified atom stereocenters. The molecule has 0 fully saturated rings. The van der Waals surface area contributed by atoms with Crippen LogP contribution >= 0.6 is 19.3 Å². The summed E-state index contributed by atoms with van der Waals surface area (Å²) in [6.45, 7) is 11.4. The largest absolute Gasteiger partial charge is 0.165 e. The number of rotatable bonds is 2. The summed E-state index contributed by atoms with van der Waals surface area (Å²) in [5, 5.41) is 0.377. The second kappa shape index (κ2) is 3.49. The first-order chi connectivity index (χ1) is 4.72. The Hall–Kier alpha value is 0.520. The molecule has 0 saturated heterocycles. The smallest absolute Gasteiger partial charge is 0.112 e. The first-order valence-corrected chi connectivity index (χ1v) is 6.63. The lowest BCUT2D eigenvalue weighted by atomic mass is 10.3. The number of thioether (sulfide) groups is 1. The van der Waals surface area contributed by atoms with Gasteiger partial charge in [0, 0.05) is 0 Å². The van der Waals surface area contributed by atoms with Crippen molar-refractivity contribution >= 4 is 25.6 Å². The number of hydrogen-bond donors (Lipinski definition) is 0. The van der Waals surface area contributed by atoms with E-state index in [0.29, 0.717) is 9.64 Å². The highest BCUT2D eigenvalue weighted by molar-refractivity contribution is 8.06. The van der Waals surface area contributed by atoms with Crippen LogP contribution in [-0.4, -0.2) is 22.2 Å². The average Bonchev–Trinajstić information content (AvgIpc) is 1.84. The normalized spacial score (nSPS) is 14.9. The Labute approximate surface area is 76.5 Å². The first-order valence-electron chi connectivity index (χ1n) is 3.88. The zero-order chi connectivity index (χ0) is 9.28. The third kappa shape index (κ3) is 3.17. The van der Waals surface area contributed by atoms with Gasteiger partial charge in [-0.05, 0) is 40.9 Å². The van der Waals surface area contributed by atoms with E-state index < -0.39 is 0 Å². The molecule has 0 aliphatic heterocycles. The van der Waals surface area contributed by atoms with Crippen molar-refractivity contribution in [2.24, 2.45) is 0 Å². The zero-order valence-electron chi connectivity index (χ0n) is 8.56. The lowest BCUT2D eigenvalue weighted by Gasteiger charge is -2.23. The van der Waals surface area contributed by atoms with Crippen LogP contribution < -0.4 is 0 Å². The third-order valence-corrected chi connectivity index (χ3v) is 7.09. The first kappa shape index (κ1) is 11.5. The highest BCUT2D eigenvalue weighted by Crippen LogP contribution is 2.53. The molecule has 0 heterocycles. The maximum atomic E-state index is 4.30. The van der Waals surface area contributed by atoms with Crippen molar-refractivity contribution in [2.45, 2.75) is 44.3 Å². The van der Waals surface area contributed by atoms with Gasteiger partial charge in [-0.15, -0.1) is 11.8 Å². The van der Waals surface area contributed by atoms with Gasteiger partial charge in [0.1, 0.15) is 12.7 Å². The summed E-state index contributed by atoms with van der Waals surface area (Å²) in [5.41, 5.74) is 0. The fraction of sp³-hybridized carbons (Fsp3) is 0.889. The van der Waals surface area contributed by atoms with Gasteiger partial charge in [0.15, 0.2) is 4.49 Å². The Morgan fingerprint density at radius 1 is 1.09 bits per heavy atom. The molecule has 1 atom stereocenters. The fourth-order valence-corrected chi connectivity index (χ4v) is 4.24. The summed E-state index contributed by atoms with van der Waals surface area (Å²) in [4.78, 5) is 0. The van der Waals surface area contributed by atoms with Crippen LogP contribution in [0.15, 0.2) is 0 Å². The summed E-state index contributed by atoms with van der Waals surface area (Å²) >= 11 is 1.93. The van der Waals surface area contributed by atoms with Crippen molar-refractivity contribution in [1.82, 2.24) is 0 Å². The SMILES string of the molecule is C=[P+](C(C)(C)C)C(C)(C)SC. The standard InChI is InChI=1S/C9H20PS/c1-8(2,3)10(6)9(4,5)11-7/h6H2,1-5,7H3/q+1. The molecule has 66 valence electrons. The molecule has 0 saturated carbocycles. The van der Waals surface area contributed by atoms with Gasteiger partial charge in [-0.3, -0.25) is 0 Å². The quantitative estimate of drug-likeness (QED) is 0.598. The Morgan fingerprint density at radius 2 is 1.45 bits per heavy atom. The molecule has 0 rings (SSSR count). The van der Waals surface area contributed by atoms with Crippen molar-refractivity contribution in [2.75, 3.05) is 6.26 Å². The predicted molar refractivity (Wildman–Crippen MR) is 61.4 cm³/mol. The molecule has 0 N–H and O–H groups in total. The van der Waals surface area contributed by atoms with Crippen molar-refractivity contribution in [3.63, 3.8) is 0 Å². The minimum Gasteiger partial charge on any atom is -0.112 e. The summed E-state index contributed by atoms with van der Waals surface area (Å²) in [5.74, 6) is 0. The zero-order valence-corrected chi connectivity index (χ0v) is 10.3. The monoisotopic (exact) mass is 191 g/mol. The average molecular weight is 191 g/mol. The van der Waals surface area contributed by atoms with Crippen LogP contribution in [0.4, 0.5) is 0 Å². The molecule has 0 nitrogen and oxygen atoms in total. The van der Waals surface area contributed by atoms with Crippen molar-refractivity contribution in [3.05, 3.63) is 0 Å². The molecule has 0 aromatic rings. The molecule has 11 heavy (non-hydrogen) atoms. The van der Waals surface area contributed by atoms with Crippen molar-refractivity contribution < 1.29 is 0 Å². The van der Waals surface area contributed by atoms with Gasteiger partial charge in [0.05, 0.1) is 6.30 Å². The summed E-state index contributed by atoms with van der Waals surface area (Å²) in [6.07, 6.45) is 6.47. The minimum atomic E-state index is -0.152. The molecule has 0 aliphatic carbocycles. The van der Waals surface area contributed by atoms with E-state index in [2.05, 4.69) is 47.2 Å². The lowest BCUT2D eigenvalue weighted by Crippen LogP contribution is -2.20. The highest BCUT2D eigenvalue weighted by Gasteiger charge is 2.40. The molecule has 0 amide bonds. The Bertz CT molecular complexity index is 153. The second-order valence-corrected chi connectivity index (χ2v) is 9.30. The Balaban J connectivity index is 4.50. The maximum Gasteiger partial charge on any atom is 0.165 e. The van der Waals surface area contributed by atoms with Crippen LogP contribution in [0.1, 0.15) is 34.6 Å². The van der Waals surface area contributed by atoms with Gasteiger partial charge >= 0.3 is 0 Å². The van der Waals surface area contributed by atoms with Gasteiger partial charge in [-0.2, -0.15) is 0 Å². The molecule has 0 bridgehead atoms. The van der Waals surface area contributed by atoms with Crippen LogP contribution in [0.2, 0.25) is 0 Å². The predicted octanol–water partition coefficient (Wildman–Crippen LogP) is 3.80. The third-order valence-electron chi connectivity index (χ3n) is 1.96. The molecule has 0 aliphatic rings. The van der Waals surface area contributed by atoms with E-state index in [-0.39, 0.29) is 7.55 Å². The fourth-order valence-electron chi connectivity index (χ4n) is 0.918. The molecular formula is C9H20PS+. The summed E-state index contributed by atoms with van der Waals surface area (Å²) in [7, 11) is -0.152. The molecule has 2 heteroatoms. The maximum absolute atomic E-state index is 4.30.